The standard InChI is InChI=1S/C28H30ClFN6O2S/c1-16(2)28-34-25(26-27(31)33-15-23(36(26)28)17-8-10-18(32-3)11-9-17)20-13-12-19(14-22(20)30)35-39(37,38)24-7-5-4-6-21(24)29/h4-8,12-16,18,32,35H,9-11H2,1-3H3,(H2,31,33). The molecule has 0 aliphatic heterocycles. The molecule has 0 saturated carbocycles. The Morgan fingerprint density at radius 2 is 1.97 bits per heavy atom. The Labute approximate surface area is 232 Å². The molecular formula is C28H30ClFN6O2S. The summed E-state index contributed by atoms with van der Waals surface area (Å²) >= 11 is 6.06. The van der Waals surface area contributed by atoms with E-state index in [1.54, 1.807) is 18.3 Å². The summed E-state index contributed by atoms with van der Waals surface area (Å²) in [5, 5.41) is 3.39. The number of nitrogens with two attached hydrogens (primary N) is 1. The SMILES string of the molecule is CNC1CC=C(c2cnc(N)c3c(-c4ccc(NS(=O)(=O)c5ccccc5Cl)cc4F)nc(C(C)C)n23)CC1. The first-order valence-corrected chi connectivity index (χ1v) is 14.6. The summed E-state index contributed by atoms with van der Waals surface area (Å²) < 4.78 is 45.7. The zero-order valence-electron chi connectivity index (χ0n) is 21.9. The van der Waals surface area contributed by atoms with Gasteiger partial charge in [0.1, 0.15) is 33.6 Å². The molecular weight excluding hydrogens is 539 g/mol. The monoisotopic (exact) mass is 568 g/mol. The predicted octanol–water partition coefficient (Wildman–Crippen LogP) is 5.85. The predicted molar refractivity (Wildman–Crippen MR) is 154 cm³/mol. The van der Waals surface area contributed by atoms with E-state index in [2.05, 4.69) is 21.1 Å². The van der Waals surface area contributed by atoms with E-state index in [9.17, 15) is 8.42 Å². The van der Waals surface area contributed by atoms with Gasteiger partial charge in [-0.05, 0) is 62.2 Å². The van der Waals surface area contributed by atoms with Gasteiger partial charge in [0.15, 0.2) is 0 Å². The number of hydrogen-bond acceptors (Lipinski definition) is 6. The van der Waals surface area contributed by atoms with Gasteiger partial charge in [-0.1, -0.05) is 43.7 Å². The number of halogens is 2. The van der Waals surface area contributed by atoms with E-state index in [4.69, 9.17) is 22.3 Å². The number of benzene rings is 2. The fourth-order valence-electron chi connectivity index (χ4n) is 4.94. The molecule has 204 valence electrons. The molecule has 0 fully saturated rings. The van der Waals surface area contributed by atoms with Gasteiger partial charge < -0.3 is 11.1 Å². The van der Waals surface area contributed by atoms with Crippen molar-refractivity contribution in [2.24, 2.45) is 0 Å². The van der Waals surface area contributed by atoms with Crippen molar-refractivity contribution in [1.82, 2.24) is 19.7 Å². The van der Waals surface area contributed by atoms with Crippen molar-refractivity contribution in [3.63, 3.8) is 0 Å². The van der Waals surface area contributed by atoms with Crippen LogP contribution in [-0.4, -0.2) is 35.9 Å². The molecule has 0 amide bonds. The molecule has 11 heteroatoms. The number of anilines is 2. The summed E-state index contributed by atoms with van der Waals surface area (Å²) in [5.74, 6) is 0.346. The molecule has 8 nitrogen and oxygen atoms in total. The van der Waals surface area contributed by atoms with Crippen molar-refractivity contribution in [2.45, 2.75) is 50.0 Å². The third-order valence-electron chi connectivity index (χ3n) is 6.98. The van der Waals surface area contributed by atoms with Crippen LogP contribution < -0.4 is 15.8 Å². The number of rotatable bonds is 7. The number of fused-ring (bicyclic) bond motifs is 1. The minimum absolute atomic E-state index is 0.0193. The molecule has 0 spiro atoms. The zero-order chi connectivity index (χ0) is 27.9. The van der Waals surface area contributed by atoms with Gasteiger partial charge in [0, 0.05) is 17.5 Å². The molecule has 1 unspecified atom stereocenters. The molecule has 2 aromatic carbocycles. The second-order valence-corrected chi connectivity index (χ2v) is 12.0. The molecule has 2 aromatic heterocycles. The highest BCUT2D eigenvalue weighted by Crippen LogP contribution is 2.37. The van der Waals surface area contributed by atoms with Gasteiger partial charge in [-0.25, -0.2) is 22.8 Å². The lowest BCUT2D eigenvalue weighted by molar-refractivity contribution is 0.522. The Kier molecular flexibility index (Phi) is 7.37. The number of hydrogen-bond donors (Lipinski definition) is 3. The third-order valence-corrected chi connectivity index (χ3v) is 8.86. The minimum Gasteiger partial charge on any atom is -0.382 e. The lowest BCUT2D eigenvalue weighted by Gasteiger charge is -2.22. The van der Waals surface area contributed by atoms with Gasteiger partial charge in [0.05, 0.1) is 22.6 Å². The summed E-state index contributed by atoms with van der Waals surface area (Å²) in [4.78, 5) is 9.19. The lowest BCUT2D eigenvalue weighted by atomic mass is 9.93. The average Bonchev–Trinajstić information content (AvgIpc) is 3.31. The van der Waals surface area contributed by atoms with Gasteiger partial charge in [0.25, 0.3) is 10.0 Å². The minimum atomic E-state index is -4.02. The quantitative estimate of drug-likeness (QED) is 0.258. The second-order valence-electron chi connectivity index (χ2n) is 9.91. The van der Waals surface area contributed by atoms with Crippen LogP contribution in [0.1, 0.15) is 50.5 Å². The number of nitrogens with zero attached hydrogens (tertiary/aromatic N) is 3. The first kappa shape index (κ1) is 27.1. The highest BCUT2D eigenvalue weighted by Gasteiger charge is 2.25. The van der Waals surface area contributed by atoms with Crippen LogP contribution in [0.3, 0.4) is 0 Å². The summed E-state index contributed by atoms with van der Waals surface area (Å²) in [6.07, 6.45) is 6.73. The van der Waals surface area contributed by atoms with Crippen LogP contribution >= 0.6 is 11.6 Å². The van der Waals surface area contributed by atoms with Crippen LogP contribution in [0.2, 0.25) is 5.02 Å². The van der Waals surface area contributed by atoms with E-state index in [0.717, 1.165) is 42.4 Å². The van der Waals surface area contributed by atoms with E-state index >= 15 is 4.39 Å². The molecule has 4 N–H and O–H groups in total. The van der Waals surface area contributed by atoms with Crippen LogP contribution in [0, 0.1) is 5.82 Å². The van der Waals surface area contributed by atoms with Crippen molar-refractivity contribution in [2.75, 3.05) is 17.5 Å². The highest BCUT2D eigenvalue weighted by atomic mass is 35.5. The molecule has 0 saturated heterocycles. The largest absolute Gasteiger partial charge is 0.382 e. The van der Waals surface area contributed by atoms with E-state index in [0.29, 0.717) is 17.3 Å². The first-order valence-electron chi connectivity index (χ1n) is 12.7. The Bertz CT molecular complexity index is 1700. The van der Waals surface area contributed by atoms with E-state index in [-0.39, 0.29) is 32.9 Å². The Morgan fingerprint density at radius 3 is 2.62 bits per heavy atom. The maximum absolute atomic E-state index is 15.6. The molecule has 2 heterocycles. The van der Waals surface area contributed by atoms with Crippen LogP contribution in [0.15, 0.2) is 59.6 Å². The number of nitrogens with one attached hydrogen (secondary N) is 2. The van der Waals surface area contributed by atoms with Crippen LogP contribution in [-0.2, 0) is 10.0 Å². The molecule has 1 aliphatic rings. The van der Waals surface area contributed by atoms with E-state index < -0.39 is 15.8 Å². The average molecular weight is 569 g/mol. The summed E-state index contributed by atoms with van der Waals surface area (Å²) in [5.41, 5.74) is 9.53. The molecule has 4 aromatic rings. The van der Waals surface area contributed by atoms with Gasteiger partial charge >= 0.3 is 0 Å². The fraction of sp³-hybridized carbons (Fsp3) is 0.286. The second kappa shape index (κ2) is 10.6. The smallest absolute Gasteiger partial charge is 0.263 e. The van der Waals surface area contributed by atoms with E-state index in [1.165, 1.54) is 24.3 Å². The molecule has 0 bridgehead atoms. The van der Waals surface area contributed by atoms with Crippen molar-refractivity contribution in [3.8, 4) is 11.3 Å². The number of allylic oxidation sites excluding steroid dienone is 1. The van der Waals surface area contributed by atoms with Crippen molar-refractivity contribution >= 4 is 44.2 Å². The van der Waals surface area contributed by atoms with Crippen LogP contribution in [0.4, 0.5) is 15.9 Å². The summed E-state index contributed by atoms with van der Waals surface area (Å²) in [7, 11) is -2.05. The third kappa shape index (κ3) is 5.11. The van der Waals surface area contributed by atoms with Gasteiger partial charge in [-0.2, -0.15) is 0 Å². The van der Waals surface area contributed by atoms with Crippen LogP contribution in [0.5, 0.6) is 0 Å². The number of aromatic nitrogens is 3. The van der Waals surface area contributed by atoms with Gasteiger partial charge in [-0.3, -0.25) is 9.12 Å². The van der Waals surface area contributed by atoms with Gasteiger partial charge in [0.2, 0.25) is 0 Å². The molecule has 39 heavy (non-hydrogen) atoms. The Hall–Kier alpha value is -3.47. The van der Waals surface area contributed by atoms with Crippen molar-refractivity contribution < 1.29 is 12.8 Å². The molecule has 1 aliphatic carbocycles. The van der Waals surface area contributed by atoms with Crippen molar-refractivity contribution in [1.29, 1.82) is 0 Å². The highest BCUT2D eigenvalue weighted by molar-refractivity contribution is 7.92. The molecule has 5 rings (SSSR count). The number of sulfonamides is 1. The number of imidazole rings is 1. The van der Waals surface area contributed by atoms with Crippen LogP contribution in [0.25, 0.3) is 22.3 Å². The topological polar surface area (TPSA) is 114 Å². The van der Waals surface area contributed by atoms with Crippen molar-refractivity contribution in [3.05, 3.63) is 77.1 Å². The maximum Gasteiger partial charge on any atom is 0.263 e. The van der Waals surface area contributed by atoms with Gasteiger partial charge in [-0.15, -0.1) is 0 Å². The Morgan fingerprint density at radius 1 is 1.21 bits per heavy atom. The summed E-state index contributed by atoms with van der Waals surface area (Å²) in [6.45, 7) is 4.04. The maximum atomic E-state index is 15.6. The fourth-order valence-corrected chi connectivity index (χ4v) is 6.51. The summed E-state index contributed by atoms with van der Waals surface area (Å²) in [6, 6.07) is 10.6. The van der Waals surface area contributed by atoms with E-state index in [1.807, 2.05) is 25.3 Å². The first-order chi connectivity index (χ1) is 18.6. The Balaban J connectivity index is 1.59. The zero-order valence-corrected chi connectivity index (χ0v) is 23.4. The normalized spacial score (nSPS) is 16.1. The molecule has 1 atom stereocenters. The lowest BCUT2D eigenvalue weighted by Crippen LogP contribution is -2.26. The number of nitrogen functional groups attached to an aromatic ring is 1. The molecule has 0 radical (unpaired) electrons.